The van der Waals surface area contributed by atoms with E-state index in [0.717, 1.165) is 43.7 Å². The molecule has 1 aromatic carbocycles. The number of aryl methyl sites for hydroxylation is 1. The van der Waals surface area contributed by atoms with Gasteiger partial charge in [0.25, 0.3) is 0 Å². The van der Waals surface area contributed by atoms with Crippen molar-refractivity contribution in [2.45, 2.75) is 31.8 Å². The highest BCUT2D eigenvalue weighted by atomic mass is 16.5. The van der Waals surface area contributed by atoms with Crippen LogP contribution in [0.5, 0.6) is 5.75 Å². The van der Waals surface area contributed by atoms with Gasteiger partial charge >= 0.3 is 0 Å². The molecule has 2 rings (SSSR count). The standard InChI is InChI=1S/C16H23NO3/c1-19-14-9-11-17(12-10-14)16(18)8-7-13-5-3-4-6-15(13)20-2/h3-6,14H,7-12H2,1-2H3. The van der Waals surface area contributed by atoms with Crippen LogP contribution >= 0.6 is 0 Å². The Morgan fingerprint density at radius 3 is 2.60 bits per heavy atom. The Hall–Kier alpha value is -1.55. The lowest BCUT2D eigenvalue weighted by Gasteiger charge is -2.31. The molecule has 0 atom stereocenters. The molecular weight excluding hydrogens is 254 g/mol. The Labute approximate surface area is 120 Å². The minimum atomic E-state index is 0.227. The lowest BCUT2D eigenvalue weighted by Crippen LogP contribution is -2.40. The molecule has 20 heavy (non-hydrogen) atoms. The van der Waals surface area contributed by atoms with Crippen LogP contribution in [0.2, 0.25) is 0 Å². The number of piperidine rings is 1. The Kier molecular flexibility index (Phi) is 5.41. The lowest BCUT2D eigenvalue weighted by atomic mass is 10.1. The third-order valence-electron chi connectivity index (χ3n) is 3.93. The first-order valence-electron chi connectivity index (χ1n) is 7.17. The number of para-hydroxylation sites is 1. The van der Waals surface area contributed by atoms with Gasteiger partial charge in [-0.25, -0.2) is 0 Å². The summed E-state index contributed by atoms with van der Waals surface area (Å²) < 4.78 is 10.6. The fourth-order valence-corrected chi connectivity index (χ4v) is 2.65. The van der Waals surface area contributed by atoms with Gasteiger partial charge in [-0.15, -0.1) is 0 Å². The van der Waals surface area contributed by atoms with Gasteiger partial charge in [0.2, 0.25) is 5.91 Å². The number of carbonyl (C=O) groups excluding carboxylic acids is 1. The summed E-state index contributed by atoms with van der Waals surface area (Å²) in [6, 6.07) is 7.87. The van der Waals surface area contributed by atoms with E-state index in [0.29, 0.717) is 12.5 Å². The fourth-order valence-electron chi connectivity index (χ4n) is 2.65. The van der Waals surface area contributed by atoms with Crippen molar-refractivity contribution in [1.29, 1.82) is 0 Å². The summed E-state index contributed by atoms with van der Waals surface area (Å²) in [4.78, 5) is 14.2. The molecule has 1 amide bonds. The molecule has 110 valence electrons. The van der Waals surface area contributed by atoms with E-state index in [1.165, 1.54) is 0 Å². The van der Waals surface area contributed by atoms with Gasteiger partial charge in [0.05, 0.1) is 13.2 Å². The predicted molar refractivity (Wildman–Crippen MR) is 77.9 cm³/mol. The third-order valence-corrected chi connectivity index (χ3v) is 3.93. The zero-order valence-electron chi connectivity index (χ0n) is 12.3. The van der Waals surface area contributed by atoms with Crippen molar-refractivity contribution in [3.8, 4) is 5.75 Å². The summed E-state index contributed by atoms with van der Waals surface area (Å²) >= 11 is 0. The molecule has 1 saturated heterocycles. The highest BCUT2D eigenvalue weighted by molar-refractivity contribution is 5.76. The number of hydrogen-bond acceptors (Lipinski definition) is 3. The molecule has 0 aliphatic carbocycles. The van der Waals surface area contributed by atoms with Crippen molar-refractivity contribution in [1.82, 2.24) is 4.90 Å². The molecule has 0 aromatic heterocycles. The van der Waals surface area contributed by atoms with Gasteiger partial charge in [0.15, 0.2) is 0 Å². The summed E-state index contributed by atoms with van der Waals surface area (Å²) in [7, 11) is 3.40. The molecule has 0 N–H and O–H groups in total. The van der Waals surface area contributed by atoms with Crippen LogP contribution in [0.4, 0.5) is 0 Å². The molecule has 1 fully saturated rings. The zero-order valence-corrected chi connectivity index (χ0v) is 12.3. The Morgan fingerprint density at radius 2 is 1.95 bits per heavy atom. The van der Waals surface area contributed by atoms with E-state index < -0.39 is 0 Å². The molecular formula is C16H23NO3. The van der Waals surface area contributed by atoms with Gasteiger partial charge in [0.1, 0.15) is 5.75 Å². The molecule has 0 spiro atoms. The Bertz CT molecular complexity index is 439. The predicted octanol–water partition coefficient (Wildman–Crippen LogP) is 2.27. The van der Waals surface area contributed by atoms with Gasteiger partial charge in [0, 0.05) is 26.6 Å². The van der Waals surface area contributed by atoms with E-state index in [4.69, 9.17) is 9.47 Å². The summed E-state index contributed by atoms with van der Waals surface area (Å²) in [6.45, 7) is 1.62. The van der Waals surface area contributed by atoms with Gasteiger partial charge < -0.3 is 14.4 Å². The van der Waals surface area contributed by atoms with Crippen LogP contribution in [-0.2, 0) is 16.0 Å². The first-order chi connectivity index (χ1) is 9.74. The van der Waals surface area contributed by atoms with Crippen LogP contribution in [0.1, 0.15) is 24.8 Å². The van der Waals surface area contributed by atoms with Gasteiger partial charge in [-0.05, 0) is 30.9 Å². The number of benzene rings is 1. The largest absolute Gasteiger partial charge is 0.496 e. The second kappa shape index (κ2) is 7.29. The second-order valence-corrected chi connectivity index (χ2v) is 5.13. The quantitative estimate of drug-likeness (QED) is 0.828. The number of likely N-dealkylation sites (tertiary alicyclic amines) is 1. The molecule has 4 nitrogen and oxygen atoms in total. The van der Waals surface area contributed by atoms with Crippen LogP contribution in [0.25, 0.3) is 0 Å². The average Bonchev–Trinajstić information content (AvgIpc) is 2.53. The molecule has 1 aromatic rings. The number of amides is 1. The lowest BCUT2D eigenvalue weighted by molar-refractivity contribution is -0.133. The van der Waals surface area contributed by atoms with Crippen molar-refractivity contribution in [2.24, 2.45) is 0 Å². The van der Waals surface area contributed by atoms with E-state index in [2.05, 4.69) is 0 Å². The summed E-state index contributed by atoms with van der Waals surface area (Å²) in [6.07, 6.45) is 3.46. The van der Waals surface area contributed by atoms with Crippen molar-refractivity contribution in [3.63, 3.8) is 0 Å². The topological polar surface area (TPSA) is 38.8 Å². The van der Waals surface area contributed by atoms with E-state index in [-0.39, 0.29) is 5.91 Å². The summed E-state index contributed by atoms with van der Waals surface area (Å²) in [5.74, 6) is 1.09. The number of rotatable bonds is 5. The van der Waals surface area contributed by atoms with Crippen LogP contribution in [0.15, 0.2) is 24.3 Å². The van der Waals surface area contributed by atoms with Crippen LogP contribution < -0.4 is 4.74 Å². The van der Waals surface area contributed by atoms with Gasteiger partial charge in [-0.3, -0.25) is 4.79 Å². The number of hydrogen-bond donors (Lipinski definition) is 0. The average molecular weight is 277 g/mol. The van der Waals surface area contributed by atoms with Crippen molar-refractivity contribution >= 4 is 5.91 Å². The molecule has 0 radical (unpaired) electrons. The molecule has 1 heterocycles. The van der Waals surface area contributed by atoms with Crippen LogP contribution in [0.3, 0.4) is 0 Å². The molecule has 4 heteroatoms. The van der Waals surface area contributed by atoms with E-state index >= 15 is 0 Å². The minimum absolute atomic E-state index is 0.227. The number of ether oxygens (including phenoxy) is 2. The maximum Gasteiger partial charge on any atom is 0.222 e. The van der Waals surface area contributed by atoms with E-state index in [1.807, 2.05) is 29.2 Å². The molecule has 1 aliphatic rings. The third kappa shape index (κ3) is 3.73. The maximum absolute atomic E-state index is 12.2. The SMILES string of the molecule is COc1ccccc1CCC(=O)N1CCC(OC)CC1. The second-order valence-electron chi connectivity index (χ2n) is 5.13. The molecule has 0 saturated carbocycles. The van der Waals surface area contributed by atoms with Crippen molar-refractivity contribution < 1.29 is 14.3 Å². The monoisotopic (exact) mass is 277 g/mol. The van der Waals surface area contributed by atoms with E-state index in [1.54, 1.807) is 14.2 Å². The van der Waals surface area contributed by atoms with Crippen LogP contribution in [0, 0.1) is 0 Å². The highest BCUT2D eigenvalue weighted by Crippen LogP contribution is 2.20. The molecule has 1 aliphatic heterocycles. The van der Waals surface area contributed by atoms with Gasteiger partial charge in [-0.1, -0.05) is 18.2 Å². The smallest absolute Gasteiger partial charge is 0.222 e. The minimum Gasteiger partial charge on any atom is -0.496 e. The molecule has 0 bridgehead atoms. The Morgan fingerprint density at radius 1 is 1.25 bits per heavy atom. The number of nitrogens with zero attached hydrogens (tertiary/aromatic N) is 1. The summed E-state index contributed by atoms with van der Waals surface area (Å²) in [5, 5.41) is 0. The maximum atomic E-state index is 12.2. The number of carbonyl (C=O) groups is 1. The van der Waals surface area contributed by atoms with Crippen molar-refractivity contribution in [3.05, 3.63) is 29.8 Å². The van der Waals surface area contributed by atoms with Crippen molar-refractivity contribution in [2.75, 3.05) is 27.3 Å². The summed E-state index contributed by atoms with van der Waals surface area (Å²) in [5.41, 5.74) is 1.09. The van der Waals surface area contributed by atoms with Crippen LogP contribution in [-0.4, -0.2) is 44.2 Å². The van der Waals surface area contributed by atoms with E-state index in [9.17, 15) is 4.79 Å². The first kappa shape index (κ1) is 14.9. The zero-order chi connectivity index (χ0) is 14.4. The van der Waals surface area contributed by atoms with Gasteiger partial charge in [-0.2, -0.15) is 0 Å². The fraction of sp³-hybridized carbons (Fsp3) is 0.562. The normalized spacial score (nSPS) is 16.2. The Balaban J connectivity index is 1.83. The molecule has 0 unspecified atom stereocenters. The highest BCUT2D eigenvalue weighted by Gasteiger charge is 2.22. The first-order valence-corrected chi connectivity index (χ1v) is 7.17. The number of methoxy groups -OCH3 is 2.